The van der Waals surface area contributed by atoms with Gasteiger partial charge in [0.25, 0.3) is 0 Å². The Kier molecular flexibility index (Phi) is 8.29. The number of hydrogen-bond donors (Lipinski definition) is 0. The Morgan fingerprint density at radius 2 is 1.72 bits per heavy atom. The third-order valence-corrected chi connectivity index (χ3v) is 4.21. The molecule has 0 fully saturated rings. The van der Waals surface area contributed by atoms with Crippen LogP contribution in [0.3, 0.4) is 0 Å². The van der Waals surface area contributed by atoms with Crippen LogP contribution >= 0.6 is 23.9 Å². The van der Waals surface area contributed by atoms with Crippen molar-refractivity contribution in [2.45, 2.75) is 13.8 Å². The van der Waals surface area contributed by atoms with E-state index in [0.29, 0.717) is 10.6 Å². The molecule has 0 spiro atoms. The largest absolute Gasteiger partial charge is 0.447 e. The molecule has 0 saturated heterocycles. The molecular formula is C15H19N3O5S2. The summed E-state index contributed by atoms with van der Waals surface area (Å²) in [6.45, 7) is 3.12. The minimum Gasteiger partial charge on any atom is -0.410 e. The summed E-state index contributed by atoms with van der Waals surface area (Å²) in [6, 6.07) is 6.26. The van der Waals surface area contributed by atoms with E-state index in [1.54, 1.807) is 31.4 Å². The van der Waals surface area contributed by atoms with Crippen molar-refractivity contribution in [1.82, 2.24) is 8.61 Å². The van der Waals surface area contributed by atoms with Crippen LogP contribution in [0.5, 0.6) is 5.75 Å². The van der Waals surface area contributed by atoms with E-state index < -0.39 is 12.2 Å². The number of Topliss-reactive ketones (excluding diaryl/α,β-unsaturated/α-hetero) is 1. The number of nitrogens with zero attached hydrogens (tertiary/aromatic N) is 3. The highest BCUT2D eigenvalue weighted by Gasteiger charge is 2.20. The van der Waals surface area contributed by atoms with Crippen molar-refractivity contribution in [2.75, 3.05) is 20.4 Å². The minimum absolute atomic E-state index is 0.135. The monoisotopic (exact) mass is 385 g/mol. The van der Waals surface area contributed by atoms with Crippen LogP contribution in [0.15, 0.2) is 29.4 Å². The fraction of sp³-hybridized carbons (Fsp3) is 0.333. The van der Waals surface area contributed by atoms with Crippen molar-refractivity contribution < 1.29 is 24.0 Å². The maximum atomic E-state index is 12.1. The molecule has 0 aromatic heterocycles. The van der Waals surface area contributed by atoms with Gasteiger partial charge in [0.2, 0.25) is 0 Å². The third-order valence-electron chi connectivity index (χ3n) is 2.75. The highest BCUT2D eigenvalue weighted by molar-refractivity contribution is 8.13. The Hall–Kier alpha value is -2.20. The normalized spacial score (nSPS) is 10.8. The van der Waals surface area contributed by atoms with Crippen LogP contribution in [0.2, 0.25) is 0 Å². The van der Waals surface area contributed by atoms with Gasteiger partial charge in [-0.25, -0.2) is 18.2 Å². The maximum Gasteiger partial charge on any atom is 0.447 e. The topological polar surface area (TPSA) is 88.5 Å². The van der Waals surface area contributed by atoms with Gasteiger partial charge in [-0.05, 0) is 32.2 Å². The first kappa shape index (κ1) is 20.8. The predicted octanol–water partition coefficient (Wildman–Crippen LogP) is 3.65. The smallest absolute Gasteiger partial charge is 0.410 e. The number of amides is 2. The van der Waals surface area contributed by atoms with E-state index in [0.717, 1.165) is 20.7 Å². The number of rotatable bonds is 5. The van der Waals surface area contributed by atoms with Crippen molar-refractivity contribution in [2.24, 2.45) is 5.16 Å². The van der Waals surface area contributed by atoms with E-state index in [2.05, 4.69) is 5.16 Å². The number of benzene rings is 1. The third kappa shape index (κ3) is 7.06. The molecule has 8 nitrogen and oxygen atoms in total. The van der Waals surface area contributed by atoms with Crippen LogP contribution in [0.25, 0.3) is 0 Å². The quantitative estimate of drug-likeness (QED) is 0.191. The van der Waals surface area contributed by atoms with Gasteiger partial charge >= 0.3 is 12.2 Å². The molecule has 0 unspecified atom stereocenters. The molecule has 0 aliphatic carbocycles. The zero-order chi connectivity index (χ0) is 19.0. The van der Waals surface area contributed by atoms with Gasteiger partial charge in [0, 0.05) is 19.7 Å². The molecule has 10 heteroatoms. The molecule has 136 valence electrons. The molecule has 1 aromatic rings. The number of carbonyl (C=O) groups excluding carboxylic acids is 3. The molecular weight excluding hydrogens is 366 g/mol. The lowest BCUT2D eigenvalue weighted by Crippen LogP contribution is -2.30. The summed E-state index contributed by atoms with van der Waals surface area (Å²) < 4.78 is 7.36. The minimum atomic E-state index is -0.739. The molecule has 1 rings (SSSR count). The SMILES string of the molecule is CSC(C)=NOC(=O)N(C)SN(C)C(=O)Oc1cccc(C(C)=O)c1. The second-order valence-corrected chi connectivity index (χ2v) is 6.96. The number of hydrogen-bond acceptors (Lipinski definition) is 8. The van der Waals surface area contributed by atoms with Crippen molar-refractivity contribution in [3.63, 3.8) is 0 Å². The Morgan fingerprint density at radius 3 is 2.32 bits per heavy atom. The molecule has 0 radical (unpaired) electrons. The van der Waals surface area contributed by atoms with E-state index in [1.807, 2.05) is 0 Å². The van der Waals surface area contributed by atoms with Gasteiger partial charge in [0.15, 0.2) is 5.78 Å². The lowest BCUT2D eigenvalue weighted by Gasteiger charge is -2.20. The van der Waals surface area contributed by atoms with Gasteiger partial charge in [-0.1, -0.05) is 17.3 Å². The summed E-state index contributed by atoms with van der Waals surface area (Å²) in [5.74, 6) is 0.0970. The van der Waals surface area contributed by atoms with E-state index in [4.69, 9.17) is 9.57 Å². The van der Waals surface area contributed by atoms with Gasteiger partial charge in [-0.15, -0.1) is 11.8 Å². The van der Waals surface area contributed by atoms with Crippen molar-refractivity contribution in [3.05, 3.63) is 29.8 Å². The number of thioether (sulfide) groups is 1. The van der Waals surface area contributed by atoms with E-state index in [1.165, 1.54) is 38.8 Å². The fourth-order valence-corrected chi connectivity index (χ4v) is 2.08. The maximum absolute atomic E-state index is 12.1. The second kappa shape index (κ2) is 9.94. The summed E-state index contributed by atoms with van der Waals surface area (Å²) in [5.41, 5.74) is 0.434. The molecule has 2 amide bonds. The van der Waals surface area contributed by atoms with Crippen LogP contribution in [-0.2, 0) is 4.84 Å². The van der Waals surface area contributed by atoms with Crippen molar-refractivity contribution >= 4 is 46.9 Å². The van der Waals surface area contributed by atoms with Crippen molar-refractivity contribution in [3.8, 4) is 5.75 Å². The Balaban J connectivity index is 2.60. The molecule has 0 saturated carbocycles. The number of ketones is 1. The Morgan fingerprint density at radius 1 is 1.08 bits per heavy atom. The van der Waals surface area contributed by atoms with E-state index in [9.17, 15) is 14.4 Å². The van der Waals surface area contributed by atoms with E-state index >= 15 is 0 Å². The summed E-state index contributed by atoms with van der Waals surface area (Å²) in [6.07, 6.45) is 0.349. The predicted molar refractivity (Wildman–Crippen MR) is 98.7 cm³/mol. The summed E-state index contributed by atoms with van der Waals surface area (Å²) in [4.78, 5) is 39.9. The zero-order valence-electron chi connectivity index (χ0n) is 14.5. The first-order chi connectivity index (χ1) is 11.7. The Bertz CT molecular complexity index is 681. The van der Waals surface area contributed by atoms with Crippen LogP contribution in [-0.4, -0.2) is 52.0 Å². The molecule has 0 N–H and O–H groups in total. The standard InChI is InChI=1S/C15H19N3O5S2/c1-10(19)12-7-6-8-13(9-12)22-14(20)17(3)25-18(4)15(21)23-16-11(2)24-5/h6-9H,1-5H3. The van der Waals surface area contributed by atoms with Gasteiger partial charge in [-0.3, -0.25) is 9.63 Å². The average molecular weight is 385 g/mol. The average Bonchev–Trinajstić information content (AvgIpc) is 2.59. The summed E-state index contributed by atoms with van der Waals surface area (Å²) >= 11 is 2.12. The second-order valence-electron chi connectivity index (χ2n) is 4.70. The molecule has 25 heavy (non-hydrogen) atoms. The first-order valence-corrected chi connectivity index (χ1v) is 8.98. The fourth-order valence-electron chi connectivity index (χ4n) is 1.39. The van der Waals surface area contributed by atoms with Gasteiger partial charge in [0.05, 0.1) is 12.1 Å². The number of carbonyl (C=O) groups is 3. The van der Waals surface area contributed by atoms with E-state index in [-0.39, 0.29) is 11.5 Å². The molecule has 0 aliphatic rings. The molecule has 0 heterocycles. The van der Waals surface area contributed by atoms with Crippen LogP contribution in [0, 0.1) is 0 Å². The number of oxime groups is 1. The summed E-state index contributed by atoms with van der Waals surface area (Å²) in [5, 5.41) is 4.21. The Labute approximate surface area is 154 Å². The highest BCUT2D eigenvalue weighted by Crippen LogP contribution is 2.19. The number of ether oxygens (including phenoxy) is 1. The highest BCUT2D eigenvalue weighted by atomic mass is 32.2. The van der Waals surface area contributed by atoms with Crippen LogP contribution in [0.4, 0.5) is 9.59 Å². The van der Waals surface area contributed by atoms with Gasteiger partial charge in [-0.2, -0.15) is 0 Å². The molecule has 1 aromatic carbocycles. The van der Waals surface area contributed by atoms with Crippen LogP contribution < -0.4 is 4.74 Å². The lowest BCUT2D eigenvalue weighted by atomic mass is 10.1. The molecule has 0 bridgehead atoms. The molecule has 0 atom stereocenters. The first-order valence-electron chi connectivity index (χ1n) is 7.02. The molecule has 0 aliphatic heterocycles. The van der Waals surface area contributed by atoms with Crippen molar-refractivity contribution in [1.29, 1.82) is 0 Å². The zero-order valence-corrected chi connectivity index (χ0v) is 16.1. The van der Waals surface area contributed by atoms with Gasteiger partial charge < -0.3 is 4.74 Å². The summed E-state index contributed by atoms with van der Waals surface area (Å²) in [7, 11) is 2.86. The van der Waals surface area contributed by atoms with Gasteiger partial charge in [0.1, 0.15) is 10.8 Å². The van der Waals surface area contributed by atoms with Crippen LogP contribution in [0.1, 0.15) is 24.2 Å². The lowest BCUT2D eigenvalue weighted by molar-refractivity contribution is 0.101.